The molecule has 0 spiro atoms. The summed E-state index contributed by atoms with van der Waals surface area (Å²) >= 11 is 6.01. The van der Waals surface area contributed by atoms with Gasteiger partial charge in [0, 0.05) is 29.2 Å². The summed E-state index contributed by atoms with van der Waals surface area (Å²) in [7, 11) is 0. The van der Waals surface area contributed by atoms with Crippen LogP contribution in [0.5, 0.6) is 0 Å². The van der Waals surface area contributed by atoms with Crippen molar-refractivity contribution in [1.82, 2.24) is 14.4 Å². The van der Waals surface area contributed by atoms with Crippen molar-refractivity contribution in [3.8, 4) is 11.3 Å². The Hall–Kier alpha value is -1.87. The number of aryl methyl sites for hydroxylation is 1. The first-order chi connectivity index (χ1) is 8.24. The van der Waals surface area contributed by atoms with Crippen LogP contribution in [0.2, 0.25) is 5.02 Å². The van der Waals surface area contributed by atoms with E-state index in [0.29, 0.717) is 0 Å². The quantitative estimate of drug-likeness (QED) is 0.656. The molecule has 0 N–H and O–H groups in total. The van der Waals surface area contributed by atoms with E-state index in [4.69, 9.17) is 11.6 Å². The molecule has 0 aliphatic heterocycles. The zero-order valence-electron chi connectivity index (χ0n) is 9.26. The summed E-state index contributed by atoms with van der Waals surface area (Å²) in [5.74, 6) is 0. The molecular formula is C13H10ClN3. The monoisotopic (exact) mass is 243 g/mol. The van der Waals surface area contributed by atoms with E-state index in [1.807, 2.05) is 41.9 Å². The fourth-order valence-corrected chi connectivity index (χ4v) is 1.90. The molecule has 0 saturated carbocycles. The number of fused-ring (bicyclic) bond motifs is 1. The number of benzene rings is 1. The first-order valence-corrected chi connectivity index (χ1v) is 5.67. The largest absolute Gasteiger partial charge is 0.304 e. The van der Waals surface area contributed by atoms with Gasteiger partial charge in [-0.1, -0.05) is 17.7 Å². The third-order valence-electron chi connectivity index (χ3n) is 2.72. The number of imidazole rings is 1. The van der Waals surface area contributed by atoms with Gasteiger partial charge in [0.05, 0.1) is 11.9 Å². The van der Waals surface area contributed by atoms with E-state index in [9.17, 15) is 0 Å². The molecule has 0 saturated heterocycles. The Balaban J connectivity index is 2.17. The Bertz CT molecular complexity index is 655. The molecule has 0 atom stereocenters. The van der Waals surface area contributed by atoms with Crippen molar-refractivity contribution in [2.24, 2.45) is 0 Å². The number of halogens is 1. The Morgan fingerprint density at radius 3 is 2.94 bits per heavy atom. The molecular weight excluding hydrogens is 234 g/mol. The molecule has 0 aliphatic carbocycles. The number of aromatic nitrogens is 3. The first-order valence-electron chi connectivity index (χ1n) is 5.29. The smallest absolute Gasteiger partial charge is 0.155 e. The molecule has 0 radical (unpaired) electrons. The minimum atomic E-state index is 0.777. The third kappa shape index (κ3) is 1.78. The van der Waals surface area contributed by atoms with Crippen LogP contribution < -0.4 is 0 Å². The van der Waals surface area contributed by atoms with Crippen molar-refractivity contribution >= 4 is 17.2 Å². The van der Waals surface area contributed by atoms with Gasteiger partial charge in [-0.05, 0) is 24.6 Å². The Kier molecular flexibility index (Phi) is 2.34. The van der Waals surface area contributed by atoms with Gasteiger partial charge in [0.15, 0.2) is 5.65 Å². The molecule has 3 aromatic rings. The van der Waals surface area contributed by atoms with E-state index in [-0.39, 0.29) is 0 Å². The summed E-state index contributed by atoms with van der Waals surface area (Å²) < 4.78 is 1.95. The van der Waals surface area contributed by atoms with E-state index < -0.39 is 0 Å². The van der Waals surface area contributed by atoms with Gasteiger partial charge < -0.3 is 4.40 Å². The van der Waals surface area contributed by atoms with Gasteiger partial charge >= 0.3 is 0 Å². The molecule has 3 rings (SSSR count). The van der Waals surface area contributed by atoms with Gasteiger partial charge in [0.2, 0.25) is 0 Å². The summed E-state index contributed by atoms with van der Waals surface area (Å²) in [6.45, 7) is 1.99. The van der Waals surface area contributed by atoms with Crippen molar-refractivity contribution in [3.63, 3.8) is 0 Å². The maximum Gasteiger partial charge on any atom is 0.155 e. The first kappa shape index (κ1) is 10.3. The zero-order chi connectivity index (χ0) is 11.8. The molecule has 0 aliphatic rings. The maximum absolute atomic E-state index is 6.01. The highest BCUT2D eigenvalue weighted by Crippen LogP contribution is 2.24. The van der Waals surface area contributed by atoms with Crippen molar-refractivity contribution < 1.29 is 0 Å². The fourth-order valence-electron chi connectivity index (χ4n) is 1.79. The van der Waals surface area contributed by atoms with Gasteiger partial charge in [0.1, 0.15) is 0 Å². The molecule has 0 fully saturated rings. The van der Waals surface area contributed by atoms with Crippen LogP contribution >= 0.6 is 11.6 Å². The van der Waals surface area contributed by atoms with E-state index in [0.717, 1.165) is 27.5 Å². The maximum atomic E-state index is 6.01. The zero-order valence-corrected chi connectivity index (χ0v) is 10.0. The van der Waals surface area contributed by atoms with Gasteiger partial charge in [-0.15, -0.1) is 0 Å². The molecule has 2 aromatic heterocycles. The Morgan fingerprint density at radius 1 is 1.29 bits per heavy atom. The fraction of sp³-hybridized carbons (Fsp3) is 0.0769. The van der Waals surface area contributed by atoms with Crippen LogP contribution in [-0.2, 0) is 0 Å². The van der Waals surface area contributed by atoms with Crippen LogP contribution in [0.3, 0.4) is 0 Å². The van der Waals surface area contributed by atoms with Crippen molar-refractivity contribution in [3.05, 3.63) is 53.6 Å². The number of hydrogen-bond donors (Lipinski definition) is 0. The van der Waals surface area contributed by atoms with Crippen LogP contribution in [0.1, 0.15) is 5.56 Å². The summed E-state index contributed by atoms with van der Waals surface area (Å²) in [6, 6.07) is 5.91. The second-order valence-corrected chi connectivity index (χ2v) is 4.34. The second kappa shape index (κ2) is 3.86. The number of hydrogen-bond acceptors (Lipinski definition) is 2. The molecule has 0 bridgehead atoms. The highest BCUT2D eigenvalue weighted by molar-refractivity contribution is 6.31. The molecule has 1 aromatic carbocycles. The Labute approximate surface area is 104 Å². The minimum Gasteiger partial charge on any atom is -0.304 e. The molecule has 0 unspecified atom stereocenters. The van der Waals surface area contributed by atoms with Crippen molar-refractivity contribution in [2.45, 2.75) is 6.92 Å². The molecule has 84 valence electrons. The normalized spacial score (nSPS) is 10.9. The predicted molar refractivity (Wildman–Crippen MR) is 68.2 cm³/mol. The van der Waals surface area contributed by atoms with E-state index in [1.54, 1.807) is 12.4 Å². The molecule has 0 amide bonds. The molecule has 4 heteroatoms. The predicted octanol–water partition coefficient (Wildman–Crippen LogP) is 3.36. The highest BCUT2D eigenvalue weighted by atomic mass is 35.5. The van der Waals surface area contributed by atoms with E-state index in [1.165, 1.54) is 0 Å². The Morgan fingerprint density at radius 2 is 2.18 bits per heavy atom. The summed E-state index contributed by atoms with van der Waals surface area (Å²) in [5, 5.41) is 0.777. The highest BCUT2D eigenvalue weighted by Gasteiger charge is 2.05. The molecule has 2 heterocycles. The van der Waals surface area contributed by atoms with Crippen LogP contribution in [0.25, 0.3) is 16.9 Å². The number of rotatable bonds is 1. The third-order valence-corrected chi connectivity index (χ3v) is 3.14. The van der Waals surface area contributed by atoms with E-state index >= 15 is 0 Å². The van der Waals surface area contributed by atoms with E-state index in [2.05, 4.69) is 9.97 Å². The topological polar surface area (TPSA) is 30.2 Å². The number of nitrogens with zero attached hydrogens (tertiary/aromatic N) is 3. The van der Waals surface area contributed by atoms with Crippen LogP contribution in [0.4, 0.5) is 0 Å². The van der Waals surface area contributed by atoms with Gasteiger partial charge in [-0.3, -0.25) is 4.98 Å². The van der Waals surface area contributed by atoms with Gasteiger partial charge in [0.25, 0.3) is 0 Å². The lowest BCUT2D eigenvalue weighted by atomic mass is 10.1. The van der Waals surface area contributed by atoms with Crippen molar-refractivity contribution in [2.75, 3.05) is 0 Å². The molecule has 3 nitrogen and oxygen atoms in total. The SMILES string of the molecule is Cc1cc(-c2cn3ccncc3n2)ccc1Cl. The van der Waals surface area contributed by atoms with Crippen LogP contribution in [0.15, 0.2) is 43.0 Å². The lowest BCUT2D eigenvalue weighted by molar-refractivity contribution is 1.13. The van der Waals surface area contributed by atoms with Gasteiger partial charge in [-0.25, -0.2) is 4.98 Å². The minimum absolute atomic E-state index is 0.777. The average molecular weight is 244 g/mol. The standard InChI is InChI=1S/C13H10ClN3/c1-9-6-10(2-3-11(9)14)12-8-17-5-4-15-7-13(17)16-12/h2-8H,1H3. The molecule has 17 heavy (non-hydrogen) atoms. The second-order valence-electron chi connectivity index (χ2n) is 3.93. The lowest BCUT2D eigenvalue weighted by Crippen LogP contribution is -1.81. The average Bonchev–Trinajstić information content (AvgIpc) is 2.76. The summed E-state index contributed by atoms with van der Waals surface area (Å²) in [5.41, 5.74) is 3.89. The summed E-state index contributed by atoms with van der Waals surface area (Å²) in [6.07, 6.45) is 7.35. The summed E-state index contributed by atoms with van der Waals surface area (Å²) in [4.78, 5) is 8.56. The van der Waals surface area contributed by atoms with Crippen LogP contribution in [-0.4, -0.2) is 14.4 Å². The van der Waals surface area contributed by atoms with Crippen LogP contribution in [0, 0.1) is 6.92 Å². The lowest BCUT2D eigenvalue weighted by Gasteiger charge is -2.00. The van der Waals surface area contributed by atoms with Gasteiger partial charge in [-0.2, -0.15) is 0 Å². The van der Waals surface area contributed by atoms with Crippen molar-refractivity contribution in [1.29, 1.82) is 0 Å².